The van der Waals surface area contributed by atoms with E-state index in [1.165, 1.54) is 16.7 Å². The standard InChI is InChI=1S/C22H19N3O4S/c26-17(11-14-5-2-1-3-6-14)24-18-20(27)25-19(22(28)29)16(13-30-21(18)25)9-8-15-7-4-10-23-12-15/h1-10,12-13,18-19,21H,11H2,(H,24,26)(H,28,29)/b9-8+/t18?,19?,21-/m1/s1. The number of thioether (sulfide) groups is 1. The van der Waals surface area contributed by atoms with Crippen LogP contribution in [-0.4, -0.2) is 50.2 Å². The molecule has 2 N–H and O–H groups in total. The third kappa shape index (κ3) is 3.99. The Morgan fingerprint density at radius 2 is 1.97 bits per heavy atom. The van der Waals surface area contributed by atoms with Gasteiger partial charge in [-0.1, -0.05) is 48.6 Å². The van der Waals surface area contributed by atoms with Crippen LogP contribution >= 0.6 is 11.8 Å². The Morgan fingerprint density at radius 1 is 1.17 bits per heavy atom. The number of β-lactam (4-membered cyclic amide) rings is 1. The summed E-state index contributed by atoms with van der Waals surface area (Å²) in [6.07, 6.45) is 6.94. The lowest BCUT2D eigenvalue weighted by molar-refractivity contribution is -0.159. The van der Waals surface area contributed by atoms with E-state index in [4.69, 9.17) is 0 Å². The van der Waals surface area contributed by atoms with E-state index in [1.54, 1.807) is 36.0 Å². The third-order valence-corrected chi connectivity index (χ3v) is 6.11. The number of nitrogens with one attached hydrogen (secondary N) is 1. The number of fused-ring (bicyclic) bond motifs is 1. The summed E-state index contributed by atoms with van der Waals surface area (Å²) in [5.74, 6) is -1.76. The second-order valence-corrected chi connectivity index (χ2v) is 7.95. The molecular formula is C22H19N3O4S. The zero-order valence-corrected chi connectivity index (χ0v) is 16.7. The predicted octanol–water partition coefficient (Wildman–Crippen LogP) is 2.07. The number of amides is 2. The van der Waals surface area contributed by atoms with Crippen molar-refractivity contribution < 1.29 is 19.5 Å². The van der Waals surface area contributed by atoms with E-state index in [1.807, 2.05) is 36.4 Å². The molecule has 152 valence electrons. The molecule has 30 heavy (non-hydrogen) atoms. The van der Waals surface area contributed by atoms with Crippen LogP contribution in [0.2, 0.25) is 0 Å². The molecule has 0 radical (unpaired) electrons. The Morgan fingerprint density at radius 3 is 2.67 bits per heavy atom. The van der Waals surface area contributed by atoms with Crippen molar-refractivity contribution >= 4 is 35.6 Å². The summed E-state index contributed by atoms with van der Waals surface area (Å²) in [5, 5.41) is 13.8. The van der Waals surface area contributed by atoms with Crippen LogP contribution < -0.4 is 5.32 Å². The second-order valence-electron chi connectivity index (χ2n) is 6.96. The monoisotopic (exact) mass is 421 g/mol. The lowest BCUT2D eigenvalue weighted by atomic mass is 9.97. The summed E-state index contributed by atoms with van der Waals surface area (Å²) >= 11 is 1.34. The van der Waals surface area contributed by atoms with Crippen molar-refractivity contribution in [3.05, 3.63) is 83.0 Å². The van der Waals surface area contributed by atoms with Crippen molar-refractivity contribution in [2.45, 2.75) is 23.9 Å². The number of aliphatic carboxylic acids is 1. The summed E-state index contributed by atoms with van der Waals surface area (Å²) in [7, 11) is 0. The third-order valence-electron chi connectivity index (χ3n) is 4.93. The Labute approximate surface area is 177 Å². The normalized spacial score (nSPS) is 22.8. The van der Waals surface area contributed by atoms with E-state index < -0.39 is 23.4 Å². The van der Waals surface area contributed by atoms with Crippen LogP contribution in [0.4, 0.5) is 0 Å². The van der Waals surface area contributed by atoms with Gasteiger partial charge in [0.05, 0.1) is 6.42 Å². The van der Waals surface area contributed by atoms with Gasteiger partial charge in [-0.05, 0) is 28.2 Å². The van der Waals surface area contributed by atoms with Gasteiger partial charge in [0.25, 0.3) is 0 Å². The second kappa shape index (κ2) is 8.54. The molecule has 0 spiro atoms. The van der Waals surface area contributed by atoms with Gasteiger partial charge in [0.1, 0.15) is 11.4 Å². The van der Waals surface area contributed by atoms with Crippen molar-refractivity contribution in [3.8, 4) is 0 Å². The molecule has 0 aliphatic carbocycles. The molecule has 7 nitrogen and oxygen atoms in total. The van der Waals surface area contributed by atoms with Crippen molar-refractivity contribution in [1.29, 1.82) is 0 Å². The molecule has 2 aromatic rings. The van der Waals surface area contributed by atoms with Crippen LogP contribution in [0.3, 0.4) is 0 Å². The molecule has 2 aliphatic heterocycles. The SMILES string of the molecule is O=C(Cc1ccccc1)NC1C(=O)N2C(C(=O)O)C(/C=C/c3cccnc3)=CS[C@H]12. The zero-order chi connectivity index (χ0) is 21.1. The van der Waals surface area contributed by atoms with Gasteiger partial charge in [0.2, 0.25) is 11.8 Å². The number of hydrogen-bond donors (Lipinski definition) is 2. The van der Waals surface area contributed by atoms with Gasteiger partial charge in [-0.15, -0.1) is 11.8 Å². The van der Waals surface area contributed by atoms with Gasteiger partial charge >= 0.3 is 5.97 Å². The number of carbonyl (C=O) groups excluding carboxylic acids is 2. The first-order valence-electron chi connectivity index (χ1n) is 9.36. The van der Waals surface area contributed by atoms with Crippen LogP contribution in [0.5, 0.6) is 0 Å². The number of pyridine rings is 1. The molecule has 8 heteroatoms. The van der Waals surface area contributed by atoms with Gasteiger partial charge in [0.15, 0.2) is 6.04 Å². The molecule has 0 bridgehead atoms. The zero-order valence-electron chi connectivity index (χ0n) is 15.8. The molecule has 1 aromatic heterocycles. The fraction of sp³-hybridized carbons (Fsp3) is 0.182. The quantitative estimate of drug-likeness (QED) is 0.693. The van der Waals surface area contributed by atoms with Crippen molar-refractivity contribution in [2.75, 3.05) is 0 Å². The minimum atomic E-state index is -1.11. The lowest BCUT2D eigenvalue weighted by Crippen LogP contribution is -2.73. The number of nitrogens with zero attached hydrogens (tertiary/aromatic N) is 2. The van der Waals surface area contributed by atoms with E-state index in [2.05, 4.69) is 10.3 Å². The molecule has 2 unspecified atom stereocenters. The van der Waals surface area contributed by atoms with Crippen LogP contribution in [0.15, 0.2) is 71.9 Å². The number of carboxylic acids is 1. The van der Waals surface area contributed by atoms with Gasteiger partial charge in [-0.3, -0.25) is 14.6 Å². The summed E-state index contributed by atoms with van der Waals surface area (Å²) < 4.78 is 0. The van der Waals surface area contributed by atoms with Gasteiger partial charge < -0.3 is 15.3 Å². The van der Waals surface area contributed by atoms with E-state index in [0.717, 1.165) is 11.1 Å². The Balaban J connectivity index is 1.46. The molecule has 2 aliphatic rings. The van der Waals surface area contributed by atoms with E-state index in [9.17, 15) is 19.5 Å². The maximum atomic E-state index is 12.7. The number of aromatic nitrogens is 1. The van der Waals surface area contributed by atoms with Gasteiger partial charge in [-0.25, -0.2) is 4.79 Å². The number of carboxylic acid groups (broad SMARTS) is 1. The predicted molar refractivity (Wildman–Crippen MR) is 113 cm³/mol. The largest absolute Gasteiger partial charge is 0.479 e. The fourth-order valence-corrected chi connectivity index (χ4v) is 4.68. The molecule has 1 saturated heterocycles. The van der Waals surface area contributed by atoms with Crippen LogP contribution in [0, 0.1) is 0 Å². The highest BCUT2D eigenvalue weighted by Gasteiger charge is 2.55. The molecular weight excluding hydrogens is 402 g/mol. The fourth-order valence-electron chi connectivity index (χ4n) is 3.48. The first-order valence-corrected chi connectivity index (χ1v) is 10.3. The first kappa shape index (κ1) is 19.9. The molecule has 3 heterocycles. The average molecular weight is 421 g/mol. The minimum Gasteiger partial charge on any atom is -0.479 e. The molecule has 1 fully saturated rings. The molecule has 4 rings (SSSR count). The smallest absolute Gasteiger partial charge is 0.331 e. The maximum Gasteiger partial charge on any atom is 0.331 e. The molecule has 1 aromatic carbocycles. The average Bonchev–Trinajstić information content (AvgIpc) is 2.76. The first-order chi connectivity index (χ1) is 14.5. The van der Waals surface area contributed by atoms with Gasteiger partial charge in [0, 0.05) is 12.4 Å². The highest BCUT2D eigenvalue weighted by molar-refractivity contribution is 8.03. The lowest BCUT2D eigenvalue weighted by Gasteiger charge is -2.51. The topological polar surface area (TPSA) is 99.6 Å². The van der Waals surface area contributed by atoms with Crippen LogP contribution in [-0.2, 0) is 20.8 Å². The maximum absolute atomic E-state index is 12.7. The molecule has 2 amide bonds. The van der Waals surface area contributed by atoms with Gasteiger partial charge in [-0.2, -0.15) is 0 Å². The van der Waals surface area contributed by atoms with Crippen LogP contribution in [0.25, 0.3) is 6.08 Å². The van der Waals surface area contributed by atoms with E-state index in [0.29, 0.717) is 5.57 Å². The minimum absolute atomic E-state index is 0.166. The van der Waals surface area contributed by atoms with E-state index >= 15 is 0 Å². The number of rotatable bonds is 6. The Bertz CT molecular complexity index is 1020. The highest BCUT2D eigenvalue weighted by atomic mass is 32.2. The summed E-state index contributed by atoms with van der Waals surface area (Å²) in [5.41, 5.74) is 2.19. The number of carbonyl (C=O) groups is 3. The summed E-state index contributed by atoms with van der Waals surface area (Å²) in [4.78, 5) is 42.3. The number of hydrogen-bond acceptors (Lipinski definition) is 5. The van der Waals surface area contributed by atoms with Crippen molar-refractivity contribution in [1.82, 2.24) is 15.2 Å². The molecule has 0 saturated carbocycles. The van der Waals surface area contributed by atoms with Crippen LogP contribution in [0.1, 0.15) is 11.1 Å². The summed E-state index contributed by atoms with van der Waals surface area (Å²) in [6.45, 7) is 0. The Hall–Kier alpha value is -3.39. The summed E-state index contributed by atoms with van der Waals surface area (Å²) in [6, 6.07) is 11.1. The highest BCUT2D eigenvalue weighted by Crippen LogP contribution is 2.40. The van der Waals surface area contributed by atoms with E-state index in [-0.39, 0.29) is 18.2 Å². The van der Waals surface area contributed by atoms with Crippen molar-refractivity contribution in [3.63, 3.8) is 0 Å². The van der Waals surface area contributed by atoms with Crippen molar-refractivity contribution in [2.24, 2.45) is 0 Å². The number of benzene rings is 1. The Kier molecular flexibility index (Phi) is 5.67. The molecule has 3 atom stereocenters.